The molecule has 1 aromatic carbocycles. The normalized spacial score (nSPS) is 12.5. The van der Waals surface area contributed by atoms with Gasteiger partial charge in [-0.3, -0.25) is 4.21 Å². The molecule has 0 aliphatic carbocycles. The van der Waals surface area contributed by atoms with Crippen molar-refractivity contribution in [1.82, 2.24) is 4.72 Å². The average Bonchev–Trinajstić information content (AvgIpc) is 2.39. The third-order valence-corrected chi connectivity index (χ3v) is 4.57. The van der Waals surface area contributed by atoms with Crippen LogP contribution in [0.5, 0.6) is 0 Å². The summed E-state index contributed by atoms with van der Waals surface area (Å²) >= 11 is 0. The van der Waals surface area contributed by atoms with Crippen molar-refractivity contribution < 1.29 is 17.7 Å². The molecule has 0 spiro atoms. The quantitative estimate of drug-likeness (QED) is 0.728. The first-order valence-electron chi connectivity index (χ1n) is 5.95. The van der Waals surface area contributed by atoms with E-state index in [9.17, 15) is 12.6 Å². The predicted molar refractivity (Wildman–Crippen MR) is 79.1 cm³/mol. The molecular formula is C13H17NO4S2. The van der Waals surface area contributed by atoms with Crippen molar-refractivity contribution in [1.29, 1.82) is 0 Å². The van der Waals surface area contributed by atoms with Gasteiger partial charge in [0.05, 0.1) is 11.5 Å². The molecule has 0 saturated heterocycles. The van der Waals surface area contributed by atoms with Crippen LogP contribution in [0.2, 0.25) is 0 Å². The molecule has 0 amide bonds. The number of rotatable bonds is 6. The summed E-state index contributed by atoms with van der Waals surface area (Å²) in [4.78, 5) is 0.145. The van der Waals surface area contributed by atoms with Gasteiger partial charge in [0.25, 0.3) is 0 Å². The Hall–Kier alpha value is -1.20. The topological polar surface area (TPSA) is 83.5 Å². The maximum absolute atomic E-state index is 11.9. The Morgan fingerprint density at radius 2 is 1.95 bits per heavy atom. The van der Waals surface area contributed by atoms with Gasteiger partial charge in [-0.2, -0.15) is 0 Å². The maximum atomic E-state index is 11.9. The molecule has 2 N–H and O–H groups in total. The first-order valence-corrected chi connectivity index (χ1v) is 9.16. The molecule has 0 aliphatic heterocycles. The van der Waals surface area contributed by atoms with E-state index in [2.05, 4.69) is 16.6 Å². The minimum Gasteiger partial charge on any atom is -0.395 e. The highest BCUT2D eigenvalue weighted by Crippen LogP contribution is 2.09. The molecule has 1 atom stereocenters. The molecule has 1 unspecified atom stereocenters. The summed E-state index contributed by atoms with van der Waals surface area (Å²) in [6, 6.07) is 6.15. The van der Waals surface area contributed by atoms with Crippen molar-refractivity contribution in [2.75, 3.05) is 25.2 Å². The lowest BCUT2D eigenvalue weighted by Crippen LogP contribution is -2.27. The predicted octanol–water partition coefficient (Wildman–Crippen LogP) is 0.0773. The van der Waals surface area contributed by atoms with Crippen LogP contribution in [0.3, 0.4) is 0 Å². The molecular weight excluding hydrogens is 298 g/mol. The summed E-state index contributed by atoms with van der Waals surface area (Å²) in [6.07, 6.45) is 1.91. The lowest BCUT2D eigenvalue weighted by Gasteiger charge is -2.05. The Morgan fingerprint density at radius 1 is 1.30 bits per heavy atom. The van der Waals surface area contributed by atoms with Crippen LogP contribution in [0.1, 0.15) is 12.0 Å². The second kappa shape index (κ2) is 8.17. The van der Waals surface area contributed by atoms with E-state index in [1.807, 2.05) is 0 Å². The van der Waals surface area contributed by atoms with Gasteiger partial charge in [-0.05, 0) is 24.3 Å². The fourth-order valence-corrected chi connectivity index (χ4v) is 2.89. The van der Waals surface area contributed by atoms with Crippen LogP contribution >= 0.6 is 0 Å². The van der Waals surface area contributed by atoms with Gasteiger partial charge in [-0.1, -0.05) is 11.8 Å². The van der Waals surface area contributed by atoms with Crippen molar-refractivity contribution in [3.8, 4) is 11.8 Å². The molecule has 1 rings (SSSR count). The minimum absolute atomic E-state index is 0.00217. The van der Waals surface area contributed by atoms with E-state index in [0.717, 1.165) is 0 Å². The van der Waals surface area contributed by atoms with Gasteiger partial charge in [0.2, 0.25) is 10.0 Å². The van der Waals surface area contributed by atoms with Crippen LogP contribution in [0.4, 0.5) is 0 Å². The minimum atomic E-state index is -3.57. The Bertz CT molecular complexity index is 612. The van der Waals surface area contributed by atoms with Crippen LogP contribution in [-0.4, -0.2) is 42.9 Å². The number of aliphatic hydroxyl groups excluding tert-OH is 1. The molecule has 0 bridgehead atoms. The number of aliphatic hydroxyl groups is 1. The van der Waals surface area contributed by atoms with Crippen LogP contribution in [0.25, 0.3) is 0 Å². The van der Waals surface area contributed by atoms with Gasteiger partial charge < -0.3 is 5.11 Å². The fourth-order valence-electron chi connectivity index (χ4n) is 1.34. The zero-order valence-corrected chi connectivity index (χ0v) is 12.8. The molecule has 7 heteroatoms. The molecule has 0 heterocycles. The van der Waals surface area contributed by atoms with E-state index in [1.54, 1.807) is 12.1 Å². The number of benzene rings is 1. The molecule has 0 aliphatic rings. The molecule has 5 nitrogen and oxygen atoms in total. The highest BCUT2D eigenvalue weighted by molar-refractivity contribution is 7.89. The summed E-state index contributed by atoms with van der Waals surface area (Å²) in [5.74, 6) is 5.86. The van der Waals surface area contributed by atoms with Crippen LogP contribution < -0.4 is 4.72 Å². The maximum Gasteiger partial charge on any atom is 0.240 e. The van der Waals surface area contributed by atoms with E-state index in [-0.39, 0.29) is 23.8 Å². The van der Waals surface area contributed by atoms with E-state index < -0.39 is 20.8 Å². The Balaban J connectivity index is 2.72. The summed E-state index contributed by atoms with van der Waals surface area (Å²) in [5, 5.41) is 8.60. The smallest absolute Gasteiger partial charge is 0.240 e. The van der Waals surface area contributed by atoms with Gasteiger partial charge in [0.15, 0.2) is 0 Å². The zero-order chi connectivity index (χ0) is 15.0. The fraction of sp³-hybridized carbons (Fsp3) is 0.385. The summed E-state index contributed by atoms with van der Waals surface area (Å²) in [6.45, 7) is 0.145. The Morgan fingerprint density at radius 3 is 2.50 bits per heavy atom. The Labute approximate surface area is 121 Å². The van der Waals surface area contributed by atoms with Crippen molar-refractivity contribution in [3.63, 3.8) is 0 Å². The zero-order valence-electron chi connectivity index (χ0n) is 11.1. The largest absolute Gasteiger partial charge is 0.395 e. The van der Waals surface area contributed by atoms with Crippen molar-refractivity contribution >= 4 is 20.8 Å². The monoisotopic (exact) mass is 315 g/mol. The molecule has 110 valence electrons. The van der Waals surface area contributed by atoms with Crippen LogP contribution in [0, 0.1) is 11.8 Å². The third kappa shape index (κ3) is 5.84. The molecule has 0 aromatic heterocycles. The van der Waals surface area contributed by atoms with E-state index >= 15 is 0 Å². The standard InChI is InChI=1S/C13H17NO4S2/c1-19(16)11-9-14-20(17,18)13-7-5-12(6-8-13)4-2-3-10-15/h5-8,14-15H,3,9-11H2,1H3. The van der Waals surface area contributed by atoms with Gasteiger partial charge in [-0.25, -0.2) is 13.1 Å². The molecule has 0 radical (unpaired) electrons. The number of sulfonamides is 1. The highest BCUT2D eigenvalue weighted by Gasteiger charge is 2.12. The van der Waals surface area contributed by atoms with Crippen LogP contribution in [0.15, 0.2) is 29.2 Å². The molecule has 0 saturated carbocycles. The number of hydrogen-bond donors (Lipinski definition) is 2. The summed E-state index contributed by atoms with van der Waals surface area (Å²) in [5.41, 5.74) is 0.687. The van der Waals surface area contributed by atoms with Crippen molar-refractivity contribution in [2.24, 2.45) is 0 Å². The molecule has 20 heavy (non-hydrogen) atoms. The second-order valence-corrected chi connectivity index (χ2v) is 7.30. The van der Waals surface area contributed by atoms with Crippen LogP contribution in [-0.2, 0) is 20.8 Å². The van der Waals surface area contributed by atoms with E-state index in [1.165, 1.54) is 18.4 Å². The lowest BCUT2D eigenvalue weighted by molar-refractivity contribution is 0.305. The van der Waals surface area contributed by atoms with E-state index in [4.69, 9.17) is 5.11 Å². The molecule has 1 aromatic rings. The van der Waals surface area contributed by atoms with Crippen molar-refractivity contribution in [2.45, 2.75) is 11.3 Å². The first-order chi connectivity index (χ1) is 9.45. The lowest BCUT2D eigenvalue weighted by atomic mass is 10.2. The molecule has 0 fully saturated rings. The average molecular weight is 315 g/mol. The number of hydrogen-bond acceptors (Lipinski definition) is 4. The van der Waals surface area contributed by atoms with Gasteiger partial charge in [-0.15, -0.1) is 0 Å². The van der Waals surface area contributed by atoms with Gasteiger partial charge in [0.1, 0.15) is 0 Å². The van der Waals surface area contributed by atoms with Gasteiger partial charge >= 0.3 is 0 Å². The highest BCUT2D eigenvalue weighted by atomic mass is 32.2. The van der Waals surface area contributed by atoms with Gasteiger partial charge in [0, 0.05) is 41.3 Å². The first kappa shape index (κ1) is 16.9. The summed E-state index contributed by atoms with van der Waals surface area (Å²) in [7, 11) is -4.60. The van der Waals surface area contributed by atoms with Crippen molar-refractivity contribution in [3.05, 3.63) is 29.8 Å². The number of nitrogens with one attached hydrogen (secondary N) is 1. The Kier molecular flexibility index (Phi) is 6.88. The van der Waals surface area contributed by atoms with E-state index in [0.29, 0.717) is 12.0 Å². The second-order valence-electron chi connectivity index (χ2n) is 3.97. The summed E-state index contributed by atoms with van der Waals surface area (Å²) < 4.78 is 37.1. The SMILES string of the molecule is CS(=O)CCNS(=O)(=O)c1ccc(C#CCCO)cc1. The third-order valence-electron chi connectivity index (χ3n) is 2.32.